The van der Waals surface area contributed by atoms with Gasteiger partial charge in [0, 0.05) is 0 Å². The van der Waals surface area contributed by atoms with Crippen LogP contribution in [0.5, 0.6) is 0 Å². The van der Waals surface area contributed by atoms with E-state index in [1.807, 2.05) is 0 Å². The van der Waals surface area contributed by atoms with Crippen molar-refractivity contribution in [3.8, 4) is 0 Å². The molecule has 0 radical (unpaired) electrons. The Labute approximate surface area is 87.1 Å². The minimum absolute atomic E-state index is 0. The molecule has 0 fully saturated rings. The molecule has 0 atom stereocenters. The van der Waals surface area contributed by atoms with E-state index in [9.17, 15) is 0 Å². The van der Waals surface area contributed by atoms with Crippen molar-refractivity contribution in [2.24, 2.45) is 0 Å². The molecule has 0 rings (SSSR count). The number of hydrogen-bond donors (Lipinski definition) is 0. The summed E-state index contributed by atoms with van der Waals surface area (Å²) < 4.78 is 0. The molecule has 5 heteroatoms. The van der Waals surface area contributed by atoms with Gasteiger partial charge in [0.15, 0.2) is 0 Å². The molecule has 58 valence electrons. The molecular weight excluding hydrogens is 370 g/mol. The van der Waals surface area contributed by atoms with E-state index in [0.29, 0.717) is 7.92 Å². The first-order valence-electron chi connectivity index (χ1n) is 1.34. The SMILES string of the molecule is CP(C)C.[Au+3].[Cl-].[Cl-].[Cl-]. The van der Waals surface area contributed by atoms with Crippen molar-refractivity contribution in [1.29, 1.82) is 0 Å². The summed E-state index contributed by atoms with van der Waals surface area (Å²) in [5, 5.41) is 0. The summed E-state index contributed by atoms with van der Waals surface area (Å²) in [6.45, 7) is 6.69. The summed E-state index contributed by atoms with van der Waals surface area (Å²) in [7, 11) is 0.380. The van der Waals surface area contributed by atoms with Gasteiger partial charge in [-0.2, -0.15) is 0 Å². The fraction of sp³-hybridized carbons (Fsp3) is 1.00. The van der Waals surface area contributed by atoms with Crippen LogP contribution >= 0.6 is 7.92 Å². The van der Waals surface area contributed by atoms with E-state index in [1.165, 1.54) is 0 Å². The Morgan fingerprint density at radius 1 is 0.750 bits per heavy atom. The van der Waals surface area contributed by atoms with Gasteiger partial charge < -0.3 is 37.2 Å². The van der Waals surface area contributed by atoms with Crippen LogP contribution in [0.2, 0.25) is 0 Å². The van der Waals surface area contributed by atoms with Crippen LogP contribution in [0.15, 0.2) is 0 Å². The normalized spacial score (nSPS) is 4.50. The zero-order valence-electron chi connectivity index (χ0n) is 4.88. The van der Waals surface area contributed by atoms with Crippen LogP contribution < -0.4 is 37.2 Å². The van der Waals surface area contributed by atoms with Gasteiger partial charge >= 0.3 is 22.4 Å². The molecule has 0 aliphatic carbocycles. The fourth-order valence-corrected chi connectivity index (χ4v) is 0. The Balaban J connectivity index is -0.00000000750. The van der Waals surface area contributed by atoms with Gasteiger partial charge in [-0.05, 0) is 20.0 Å². The molecule has 0 aromatic carbocycles. The third-order valence-electron chi connectivity index (χ3n) is 0. The topological polar surface area (TPSA) is 0 Å². The Bertz CT molecular complexity index is 19.2. The summed E-state index contributed by atoms with van der Waals surface area (Å²) in [5.74, 6) is 0. The summed E-state index contributed by atoms with van der Waals surface area (Å²) in [5.41, 5.74) is 0. The molecule has 0 aromatic heterocycles. The van der Waals surface area contributed by atoms with Crippen molar-refractivity contribution in [1.82, 2.24) is 0 Å². The van der Waals surface area contributed by atoms with Crippen molar-refractivity contribution in [2.45, 2.75) is 0 Å². The molecule has 0 N–H and O–H groups in total. The minimum Gasteiger partial charge on any atom is -1.00 e. The zero-order chi connectivity index (χ0) is 3.58. The van der Waals surface area contributed by atoms with Gasteiger partial charge in [-0.3, -0.25) is 0 Å². The molecule has 0 spiro atoms. The Kier molecular flexibility index (Phi) is 92.9. The van der Waals surface area contributed by atoms with E-state index in [4.69, 9.17) is 0 Å². The van der Waals surface area contributed by atoms with Crippen molar-refractivity contribution < 1.29 is 59.6 Å². The van der Waals surface area contributed by atoms with Gasteiger partial charge in [0.1, 0.15) is 0 Å². The molecule has 0 heterocycles. The first-order valence-corrected chi connectivity index (χ1v) is 4.02. The van der Waals surface area contributed by atoms with Gasteiger partial charge in [0.25, 0.3) is 0 Å². The average molecular weight is 379 g/mol. The Morgan fingerprint density at radius 2 is 0.750 bits per heavy atom. The molecule has 0 unspecified atom stereocenters. The predicted octanol–water partition coefficient (Wildman–Crippen LogP) is -7.63. The first-order chi connectivity index (χ1) is 1.73. The van der Waals surface area contributed by atoms with Gasteiger partial charge in [-0.15, -0.1) is 7.92 Å². The van der Waals surface area contributed by atoms with Crippen molar-refractivity contribution in [3.05, 3.63) is 0 Å². The monoisotopic (exact) mass is 378 g/mol. The number of hydrogen-bond acceptors (Lipinski definition) is 0. The third kappa shape index (κ3) is 95.7. The van der Waals surface area contributed by atoms with Crippen LogP contribution in [-0.2, 0) is 22.4 Å². The maximum atomic E-state index is 2.23. The maximum absolute atomic E-state index is 2.23. The molecule has 0 aliphatic rings. The fourth-order valence-electron chi connectivity index (χ4n) is 0. The van der Waals surface area contributed by atoms with Crippen LogP contribution in [0, 0.1) is 0 Å². The third-order valence-corrected chi connectivity index (χ3v) is 0. The van der Waals surface area contributed by atoms with Crippen molar-refractivity contribution in [2.75, 3.05) is 20.0 Å². The van der Waals surface area contributed by atoms with Gasteiger partial charge in [0.05, 0.1) is 0 Å². The summed E-state index contributed by atoms with van der Waals surface area (Å²) in [4.78, 5) is 0. The molecule has 0 saturated carbocycles. The van der Waals surface area contributed by atoms with Crippen LogP contribution in [0.25, 0.3) is 0 Å². The standard InChI is InChI=1S/C3H9P.Au.3ClH/c1-4(2)3;;;;/h1-3H3;;3*1H/q;+3;;;/p-3. The van der Waals surface area contributed by atoms with Crippen molar-refractivity contribution in [3.63, 3.8) is 0 Å². The van der Waals surface area contributed by atoms with E-state index < -0.39 is 0 Å². The average Bonchev–Trinajstić information content (AvgIpc) is 0.811. The van der Waals surface area contributed by atoms with E-state index in [1.54, 1.807) is 0 Å². The quantitative estimate of drug-likeness (QED) is 0.290. The Hall–Kier alpha value is 2.04. The molecule has 0 nitrogen and oxygen atoms in total. The smallest absolute Gasteiger partial charge is 1.00 e. The predicted molar refractivity (Wildman–Crippen MR) is 24.7 cm³/mol. The van der Waals surface area contributed by atoms with E-state index >= 15 is 0 Å². The van der Waals surface area contributed by atoms with E-state index in [-0.39, 0.29) is 59.6 Å². The maximum Gasteiger partial charge on any atom is 3.00 e. The summed E-state index contributed by atoms with van der Waals surface area (Å²) in [6.07, 6.45) is 0. The number of halogens is 3. The van der Waals surface area contributed by atoms with Crippen LogP contribution in [-0.4, -0.2) is 20.0 Å². The molecule has 0 amide bonds. The molecule has 0 aliphatic heterocycles. The van der Waals surface area contributed by atoms with Crippen molar-refractivity contribution >= 4 is 7.92 Å². The summed E-state index contributed by atoms with van der Waals surface area (Å²) >= 11 is 0. The molecule has 8 heavy (non-hydrogen) atoms. The minimum atomic E-state index is 0. The largest absolute Gasteiger partial charge is 3.00 e. The zero-order valence-corrected chi connectivity index (χ0v) is 10.2. The second-order valence-corrected chi connectivity index (χ2v) is 4.02. The van der Waals surface area contributed by atoms with Crippen LogP contribution in [0.1, 0.15) is 0 Å². The summed E-state index contributed by atoms with van der Waals surface area (Å²) in [6, 6.07) is 0. The molecule has 0 saturated heterocycles. The van der Waals surface area contributed by atoms with Gasteiger partial charge in [-0.25, -0.2) is 0 Å². The van der Waals surface area contributed by atoms with E-state index in [2.05, 4.69) is 20.0 Å². The van der Waals surface area contributed by atoms with E-state index in [0.717, 1.165) is 0 Å². The van der Waals surface area contributed by atoms with Gasteiger partial charge in [-0.1, -0.05) is 0 Å². The molecular formula is C3H9AuCl3P. The Morgan fingerprint density at radius 3 is 0.750 bits per heavy atom. The molecule has 0 aromatic rings. The van der Waals surface area contributed by atoms with Crippen LogP contribution in [0.3, 0.4) is 0 Å². The second-order valence-electron chi connectivity index (χ2n) is 1.34. The van der Waals surface area contributed by atoms with Gasteiger partial charge in [0.2, 0.25) is 0 Å². The molecule has 0 bridgehead atoms. The second kappa shape index (κ2) is 23.0. The first kappa shape index (κ1) is 32.3. The number of rotatable bonds is 0. The van der Waals surface area contributed by atoms with Crippen LogP contribution in [0.4, 0.5) is 0 Å².